The number of nitrogens with one attached hydrogen (secondary N) is 1. The predicted octanol–water partition coefficient (Wildman–Crippen LogP) is 6.03. The summed E-state index contributed by atoms with van der Waals surface area (Å²) in [6, 6.07) is 23.8. The van der Waals surface area contributed by atoms with Crippen molar-refractivity contribution in [2.45, 2.75) is 19.3 Å². The molecule has 1 aliphatic carbocycles. The zero-order valence-electron chi connectivity index (χ0n) is 18.5. The molecule has 6 rings (SSSR count). The van der Waals surface area contributed by atoms with E-state index in [0.29, 0.717) is 10.7 Å². The number of carbonyl (C=O) groups excluding carboxylic acids is 2. The van der Waals surface area contributed by atoms with Crippen molar-refractivity contribution in [2.24, 2.45) is 5.92 Å². The lowest BCUT2D eigenvalue weighted by Gasteiger charge is -2.17. The molecule has 2 heterocycles. The van der Waals surface area contributed by atoms with E-state index in [0.717, 1.165) is 53.9 Å². The standard InChI is InChI=1S/C28H23N3O2S/c32-26(20-8-6-19(7-9-20)18-4-2-1-3-5-18)30-28-29-24(17-34-28)22-12-13-25-23(16-22)14-15-31(25)27(33)21-10-11-21/h1-9,12-13,16-17,21H,10-11,14-15H2,(H,29,30,32). The molecule has 5 nitrogen and oxygen atoms in total. The minimum atomic E-state index is -0.177. The molecule has 1 fully saturated rings. The van der Waals surface area contributed by atoms with Crippen molar-refractivity contribution in [3.63, 3.8) is 0 Å². The molecule has 1 aliphatic heterocycles. The molecular formula is C28H23N3O2S. The second kappa shape index (κ2) is 8.54. The van der Waals surface area contributed by atoms with Crippen LogP contribution in [-0.2, 0) is 11.2 Å². The Morgan fingerprint density at radius 2 is 1.65 bits per heavy atom. The van der Waals surface area contributed by atoms with Gasteiger partial charge >= 0.3 is 0 Å². The highest BCUT2D eigenvalue weighted by atomic mass is 32.1. The third-order valence-electron chi connectivity index (χ3n) is 6.44. The third-order valence-corrected chi connectivity index (χ3v) is 7.20. The number of benzene rings is 3. The minimum absolute atomic E-state index is 0.177. The molecule has 6 heteroatoms. The number of amides is 2. The molecule has 1 saturated carbocycles. The van der Waals surface area contributed by atoms with Gasteiger partial charge in [0.2, 0.25) is 5.91 Å². The number of anilines is 2. The van der Waals surface area contributed by atoms with E-state index in [1.54, 1.807) is 0 Å². The van der Waals surface area contributed by atoms with E-state index in [1.165, 1.54) is 16.9 Å². The zero-order chi connectivity index (χ0) is 23.1. The van der Waals surface area contributed by atoms with E-state index in [9.17, 15) is 9.59 Å². The van der Waals surface area contributed by atoms with Gasteiger partial charge < -0.3 is 4.90 Å². The van der Waals surface area contributed by atoms with Crippen molar-refractivity contribution < 1.29 is 9.59 Å². The quantitative estimate of drug-likeness (QED) is 0.392. The fraction of sp³-hybridized carbons (Fsp3) is 0.179. The Labute approximate surface area is 202 Å². The maximum absolute atomic E-state index is 12.7. The molecule has 168 valence electrons. The lowest BCUT2D eigenvalue weighted by Crippen LogP contribution is -2.30. The number of thiazole rings is 1. The molecule has 4 aromatic rings. The van der Waals surface area contributed by atoms with E-state index in [2.05, 4.69) is 16.4 Å². The van der Waals surface area contributed by atoms with Crippen molar-refractivity contribution in [3.8, 4) is 22.4 Å². The van der Waals surface area contributed by atoms with Crippen LogP contribution in [0.4, 0.5) is 10.8 Å². The number of rotatable bonds is 5. The van der Waals surface area contributed by atoms with Crippen molar-refractivity contribution >= 4 is 34.0 Å². The number of hydrogen-bond acceptors (Lipinski definition) is 4. The van der Waals surface area contributed by atoms with E-state index >= 15 is 0 Å². The van der Waals surface area contributed by atoms with Gasteiger partial charge in [0.05, 0.1) is 5.69 Å². The Hall–Kier alpha value is -3.77. The van der Waals surface area contributed by atoms with Gasteiger partial charge in [0.15, 0.2) is 5.13 Å². The molecule has 0 radical (unpaired) electrons. The topological polar surface area (TPSA) is 62.3 Å². The van der Waals surface area contributed by atoms with Gasteiger partial charge in [-0.3, -0.25) is 14.9 Å². The molecule has 0 unspecified atom stereocenters. The van der Waals surface area contributed by atoms with E-state index in [4.69, 9.17) is 0 Å². The Morgan fingerprint density at radius 1 is 0.912 bits per heavy atom. The van der Waals surface area contributed by atoms with Crippen LogP contribution in [0, 0.1) is 5.92 Å². The molecule has 3 aromatic carbocycles. The normalized spacial score (nSPS) is 14.6. The SMILES string of the molecule is O=C(Nc1nc(-c2ccc3c(c2)CCN3C(=O)C2CC2)cs1)c1ccc(-c2ccccc2)cc1. The van der Waals surface area contributed by atoms with Gasteiger partial charge in [-0.15, -0.1) is 11.3 Å². The van der Waals surface area contributed by atoms with Crippen molar-refractivity contribution in [1.29, 1.82) is 0 Å². The van der Waals surface area contributed by atoms with Crippen LogP contribution in [0.25, 0.3) is 22.4 Å². The summed E-state index contributed by atoms with van der Waals surface area (Å²) in [4.78, 5) is 31.8. The van der Waals surface area contributed by atoms with Gasteiger partial charge in [-0.2, -0.15) is 0 Å². The first-order valence-electron chi connectivity index (χ1n) is 11.5. The maximum atomic E-state index is 12.7. The number of aromatic nitrogens is 1. The molecule has 0 spiro atoms. The molecule has 2 amide bonds. The summed E-state index contributed by atoms with van der Waals surface area (Å²) in [7, 11) is 0. The van der Waals surface area contributed by atoms with Gasteiger partial charge in [-0.05, 0) is 60.2 Å². The molecule has 0 saturated heterocycles. The molecule has 1 N–H and O–H groups in total. The smallest absolute Gasteiger partial charge is 0.257 e. The van der Waals surface area contributed by atoms with Crippen LogP contribution < -0.4 is 10.2 Å². The Bertz CT molecular complexity index is 1370. The first-order valence-corrected chi connectivity index (χ1v) is 12.4. The largest absolute Gasteiger partial charge is 0.312 e. The van der Waals surface area contributed by atoms with Crippen LogP contribution in [0.5, 0.6) is 0 Å². The van der Waals surface area contributed by atoms with Crippen LogP contribution in [0.1, 0.15) is 28.8 Å². The van der Waals surface area contributed by atoms with E-state index < -0.39 is 0 Å². The second-order valence-electron chi connectivity index (χ2n) is 8.79. The van der Waals surface area contributed by atoms with Crippen LogP contribution in [0.15, 0.2) is 78.2 Å². The van der Waals surface area contributed by atoms with Crippen LogP contribution >= 0.6 is 11.3 Å². The average Bonchev–Trinajstić information content (AvgIpc) is 3.49. The Balaban J connectivity index is 1.15. The van der Waals surface area contributed by atoms with Gasteiger partial charge in [-0.25, -0.2) is 4.98 Å². The van der Waals surface area contributed by atoms with Gasteiger partial charge in [0, 0.05) is 34.7 Å². The summed E-state index contributed by atoms with van der Waals surface area (Å²) < 4.78 is 0. The number of carbonyl (C=O) groups is 2. The molecule has 0 bridgehead atoms. The van der Waals surface area contributed by atoms with E-state index in [-0.39, 0.29) is 17.7 Å². The fourth-order valence-corrected chi connectivity index (χ4v) is 5.13. The predicted molar refractivity (Wildman–Crippen MR) is 136 cm³/mol. The maximum Gasteiger partial charge on any atom is 0.257 e. The summed E-state index contributed by atoms with van der Waals surface area (Å²) in [6.45, 7) is 0.759. The number of hydrogen-bond donors (Lipinski definition) is 1. The highest BCUT2D eigenvalue weighted by Crippen LogP contribution is 2.38. The van der Waals surface area contributed by atoms with Gasteiger partial charge in [0.25, 0.3) is 5.91 Å². The molecule has 1 aromatic heterocycles. The Morgan fingerprint density at radius 3 is 2.41 bits per heavy atom. The van der Waals surface area contributed by atoms with Crippen LogP contribution in [-0.4, -0.2) is 23.3 Å². The van der Waals surface area contributed by atoms with Gasteiger partial charge in [-0.1, -0.05) is 48.5 Å². The lowest BCUT2D eigenvalue weighted by molar-refractivity contribution is -0.119. The summed E-state index contributed by atoms with van der Waals surface area (Å²) in [5.74, 6) is 0.315. The van der Waals surface area contributed by atoms with Crippen molar-refractivity contribution in [2.75, 3.05) is 16.8 Å². The minimum Gasteiger partial charge on any atom is -0.312 e. The fourth-order valence-electron chi connectivity index (χ4n) is 4.42. The Kier molecular flexibility index (Phi) is 5.23. The van der Waals surface area contributed by atoms with Crippen LogP contribution in [0.2, 0.25) is 0 Å². The third kappa shape index (κ3) is 4.01. The second-order valence-corrected chi connectivity index (χ2v) is 9.65. The average molecular weight is 466 g/mol. The molecular weight excluding hydrogens is 442 g/mol. The van der Waals surface area contributed by atoms with E-state index in [1.807, 2.05) is 77.0 Å². The van der Waals surface area contributed by atoms with Crippen molar-refractivity contribution in [3.05, 3.63) is 89.3 Å². The first kappa shape index (κ1) is 20.8. The van der Waals surface area contributed by atoms with Crippen molar-refractivity contribution in [1.82, 2.24) is 4.98 Å². The first-order chi connectivity index (χ1) is 16.7. The summed E-state index contributed by atoms with van der Waals surface area (Å²) in [5, 5.41) is 5.44. The highest BCUT2D eigenvalue weighted by Gasteiger charge is 2.36. The van der Waals surface area contributed by atoms with Crippen LogP contribution in [0.3, 0.4) is 0 Å². The summed E-state index contributed by atoms with van der Waals surface area (Å²) in [6.07, 6.45) is 2.91. The zero-order valence-corrected chi connectivity index (χ0v) is 19.3. The van der Waals surface area contributed by atoms with Gasteiger partial charge in [0.1, 0.15) is 0 Å². The molecule has 0 atom stereocenters. The number of nitrogens with zero attached hydrogens (tertiary/aromatic N) is 2. The molecule has 34 heavy (non-hydrogen) atoms. The summed E-state index contributed by atoms with van der Waals surface area (Å²) >= 11 is 1.41. The molecule has 2 aliphatic rings. The monoisotopic (exact) mass is 465 g/mol. The number of fused-ring (bicyclic) bond motifs is 1. The highest BCUT2D eigenvalue weighted by molar-refractivity contribution is 7.14. The summed E-state index contributed by atoms with van der Waals surface area (Å²) in [5.41, 5.74) is 6.83. The lowest BCUT2D eigenvalue weighted by atomic mass is 10.0.